The van der Waals surface area contributed by atoms with Gasteiger partial charge in [-0.2, -0.15) is 0 Å². The van der Waals surface area contributed by atoms with Crippen LogP contribution in [-0.2, 0) is 14.6 Å². The van der Waals surface area contributed by atoms with E-state index >= 15 is 0 Å². The number of benzene rings is 1. The Balaban J connectivity index is 3.35. The average Bonchev–Trinajstić information content (AvgIpc) is 2.20. The summed E-state index contributed by atoms with van der Waals surface area (Å²) in [5.74, 6) is -1.13. The van der Waals surface area contributed by atoms with E-state index in [4.69, 9.17) is 0 Å². The van der Waals surface area contributed by atoms with Gasteiger partial charge in [0.15, 0.2) is 8.46 Å². The predicted octanol–water partition coefficient (Wildman–Crippen LogP) is 1.78. The maximum Gasteiger partial charge on any atom is 0.341 e. The van der Waals surface area contributed by atoms with Crippen LogP contribution in [0.5, 0.6) is 0 Å². The molecule has 1 atom stereocenters. The van der Waals surface area contributed by atoms with Crippen LogP contribution in [0, 0.1) is 0 Å². The second kappa shape index (κ2) is 4.51. The molecule has 1 aromatic carbocycles. The van der Waals surface area contributed by atoms with Crippen LogP contribution >= 0.6 is 8.46 Å². The molecule has 5 heteroatoms. The van der Waals surface area contributed by atoms with Gasteiger partial charge in [0.05, 0.1) is 0 Å². The minimum atomic E-state index is -1.50. The van der Waals surface area contributed by atoms with Crippen LogP contribution in [0.25, 0.3) is 0 Å². The van der Waals surface area contributed by atoms with E-state index in [0.29, 0.717) is 5.56 Å². The third kappa shape index (κ3) is 1.91. The lowest BCUT2D eigenvalue weighted by Gasteiger charge is -2.29. The van der Waals surface area contributed by atoms with Gasteiger partial charge in [-0.05, 0) is 19.7 Å². The molecule has 0 spiro atoms. The number of carbonyl (C=O) groups is 1. The summed E-state index contributed by atoms with van der Waals surface area (Å²) in [5, 5.41) is 7.70. The lowest BCUT2D eigenvalue weighted by atomic mass is 10.1. The molecular weight excluding hydrogens is 213 g/mol. The van der Waals surface area contributed by atoms with Crippen molar-refractivity contribution in [2.45, 2.75) is 5.28 Å². The first-order valence-electron chi connectivity index (χ1n) is 4.36. The standard InChI is InChI=1S/C10H12NO3P/c1-11(2)10(15-14,9(12)13)8-6-4-3-5-7-8/h3-7H,1-2H3,(H,12,13). The largest absolute Gasteiger partial charge is 0.479 e. The van der Waals surface area contributed by atoms with Crippen LogP contribution in [0.4, 0.5) is 0 Å². The zero-order chi connectivity index (χ0) is 11.5. The SMILES string of the molecule is CN(C)C(P=O)(C(=O)O)c1ccccc1. The third-order valence-corrected chi connectivity index (χ3v) is 3.37. The highest BCUT2D eigenvalue weighted by atomic mass is 31.1. The van der Waals surface area contributed by atoms with Crippen molar-refractivity contribution in [1.29, 1.82) is 0 Å². The molecule has 0 amide bonds. The van der Waals surface area contributed by atoms with Crippen molar-refractivity contribution in [3.05, 3.63) is 35.9 Å². The zero-order valence-corrected chi connectivity index (χ0v) is 9.44. The van der Waals surface area contributed by atoms with Gasteiger partial charge in [-0.25, -0.2) is 4.79 Å². The molecule has 1 unspecified atom stereocenters. The van der Waals surface area contributed by atoms with Gasteiger partial charge < -0.3 is 5.11 Å². The molecule has 0 saturated carbocycles. The minimum absolute atomic E-state index is 0.452. The smallest absolute Gasteiger partial charge is 0.341 e. The Bertz CT molecular complexity index is 366. The van der Waals surface area contributed by atoms with Crippen molar-refractivity contribution in [2.24, 2.45) is 0 Å². The number of aliphatic carboxylic acids is 1. The molecule has 4 nitrogen and oxygen atoms in total. The lowest BCUT2D eigenvalue weighted by molar-refractivity contribution is -0.144. The quantitative estimate of drug-likeness (QED) is 0.793. The lowest BCUT2D eigenvalue weighted by Crippen LogP contribution is -2.43. The molecule has 1 rings (SSSR count). The van der Waals surface area contributed by atoms with Gasteiger partial charge in [0.1, 0.15) is 0 Å². The van der Waals surface area contributed by atoms with Crippen LogP contribution in [-0.4, -0.2) is 30.1 Å². The highest BCUT2D eigenvalue weighted by molar-refractivity contribution is 7.27. The van der Waals surface area contributed by atoms with Crippen LogP contribution in [0.1, 0.15) is 5.56 Å². The second-order valence-corrected chi connectivity index (χ2v) is 4.16. The number of hydrogen-bond donors (Lipinski definition) is 1. The Kier molecular flexibility index (Phi) is 3.56. The summed E-state index contributed by atoms with van der Waals surface area (Å²) in [4.78, 5) is 12.7. The molecule has 0 saturated heterocycles. The molecule has 80 valence electrons. The van der Waals surface area contributed by atoms with Gasteiger partial charge in [-0.1, -0.05) is 30.3 Å². The first-order valence-corrected chi connectivity index (χ1v) is 5.17. The number of likely N-dealkylation sites (N-methyl/N-ethyl adjacent to an activating group) is 1. The van der Waals surface area contributed by atoms with E-state index in [9.17, 15) is 14.5 Å². The fourth-order valence-electron chi connectivity index (χ4n) is 1.42. The molecule has 0 aliphatic heterocycles. The fourth-order valence-corrected chi connectivity index (χ4v) is 1.91. The molecule has 0 aromatic heterocycles. The van der Waals surface area contributed by atoms with E-state index in [2.05, 4.69) is 0 Å². The van der Waals surface area contributed by atoms with Crippen molar-refractivity contribution in [1.82, 2.24) is 4.90 Å². The molecule has 0 aliphatic rings. The minimum Gasteiger partial charge on any atom is -0.479 e. The maximum absolute atomic E-state index is 11.2. The van der Waals surface area contributed by atoms with Gasteiger partial charge in [-0.15, -0.1) is 0 Å². The van der Waals surface area contributed by atoms with E-state index in [0.717, 1.165) is 0 Å². The van der Waals surface area contributed by atoms with Crippen molar-refractivity contribution >= 4 is 14.4 Å². The summed E-state index contributed by atoms with van der Waals surface area (Å²) in [7, 11) is 2.73. The molecule has 0 radical (unpaired) electrons. The fraction of sp³-hybridized carbons (Fsp3) is 0.300. The van der Waals surface area contributed by atoms with E-state index in [1.807, 2.05) is 0 Å². The van der Waals surface area contributed by atoms with E-state index in [-0.39, 0.29) is 0 Å². The Morgan fingerprint density at radius 1 is 1.33 bits per heavy atom. The first kappa shape index (κ1) is 11.8. The van der Waals surface area contributed by atoms with Crippen molar-refractivity contribution in [3.63, 3.8) is 0 Å². The van der Waals surface area contributed by atoms with E-state index < -0.39 is 19.7 Å². The Hall–Kier alpha value is -1.25. The molecule has 0 bridgehead atoms. The summed E-state index contributed by atoms with van der Waals surface area (Å²) in [6, 6.07) is 8.54. The topological polar surface area (TPSA) is 57.6 Å². The summed E-state index contributed by atoms with van der Waals surface area (Å²) in [6.45, 7) is 0. The predicted molar refractivity (Wildman–Crippen MR) is 57.0 cm³/mol. The van der Waals surface area contributed by atoms with Gasteiger partial charge in [-0.3, -0.25) is 9.46 Å². The molecular formula is C10H12NO3P. The normalized spacial score (nSPS) is 15.1. The summed E-state index contributed by atoms with van der Waals surface area (Å²) < 4.78 is 11.2. The van der Waals surface area contributed by atoms with Gasteiger partial charge in [0, 0.05) is 0 Å². The average molecular weight is 225 g/mol. The van der Waals surface area contributed by atoms with Gasteiger partial charge in [0.2, 0.25) is 5.28 Å². The number of carboxylic acids is 1. The Morgan fingerprint density at radius 3 is 2.20 bits per heavy atom. The van der Waals surface area contributed by atoms with Crippen LogP contribution in [0.2, 0.25) is 0 Å². The van der Waals surface area contributed by atoms with E-state index in [1.165, 1.54) is 4.90 Å². The van der Waals surface area contributed by atoms with Gasteiger partial charge in [0.25, 0.3) is 0 Å². The Morgan fingerprint density at radius 2 is 1.87 bits per heavy atom. The van der Waals surface area contributed by atoms with Crippen molar-refractivity contribution in [2.75, 3.05) is 14.1 Å². The number of hydrogen-bond acceptors (Lipinski definition) is 3. The number of rotatable bonds is 4. The summed E-state index contributed by atoms with van der Waals surface area (Å²) in [6.07, 6.45) is 0. The molecule has 0 fully saturated rings. The molecule has 1 aromatic rings. The highest BCUT2D eigenvalue weighted by Crippen LogP contribution is 2.37. The Labute approximate surface area is 89.7 Å². The molecule has 15 heavy (non-hydrogen) atoms. The summed E-state index contributed by atoms with van der Waals surface area (Å²) >= 11 is 0. The van der Waals surface area contributed by atoms with Crippen molar-refractivity contribution < 1.29 is 14.5 Å². The van der Waals surface area contributed by atoms with Crippen LogP contribution < -0.4 is 0 Å². The van der Waals surface area contributed by atoms with Gasteiger partial charge >= 0.3 is 5.97 Å². The molecule has 0 aliphatic carbocycles. The van der Waals surface area contributed by atoms with Crippen molar-refractivity contribution in [3.8, 4) is 0 Å². The highest BCUT2D eigenvalue weighted by Gasteiger charge is 2.44. The number of nitrogens with zero attached hydrogens (tertiary/aromatic N) is 1. The molecule has 0 heterocycles. The maximum atomic E-state index is 11.2. The first-order chi connectivity index (χ1) is 7.05. The monoisotopic (exact) mass is 225 g/mol. The summed E-state index contributed by atoms with van der Waals surface area (Å²) in [5.41, 5.74) is 0.499. The molecule has 1 N–H and O–H groups in total. The third-order valence-electron chi connectivity index (χ3n) is 2.25. The number of carboxylic acid groups (broad SMARTS) is 1. The zero-order valence-electron chi connectivity index (χ0n) is 8.54. The van der Waals surface area contributed by atoms with Crippen LogP contribution in [0.3, 0.4) is 0 Å². The second-order valence-electron chi connectivity index (χ2n) is 3.33. The van der Waals surface area contributed by atoms with Crippen LogP contribution in [0.15, 0.2) is 30.3 Å². The van der Waals surface area contributed by atoms with E-state index in [1.54, 1.807) is 44.4 Å².